The molecule has 0 aliphatic carbocycles. The second kappa shape index (κ2) is 14.0. The van der Waals surface area contributed by atoms with E-state index in [2.05, 4.69) is 0 Å². The van der Waals surface area contributed by atoms with Crippen LogP contribution in [0, 0.1) is 0 Å². The van der Waals surface area contributed by atoms with Gasteiger partial charge in [-0.2, -0.15) is 0 Å². The summed E-state index contributed by atoms with van der Waals surface area (Å²) < 4.78 is 35.3. The standard InChI is InChI=1S/C29H34O7/c1-31-26-16-24-18-35-27(22-8-4-2-5-9-22)20-33-14-12-32-13-15-34-21-28(23-10-6-3-7-11-23)36-19-25(17-26)29(24)30/h2-11,16-17,27-28,30H,12-15,18-21H2,1H3/t27-,28-/m1/s1. The van der Waals surface area contributed by atoms with E-state index < -0.39 is 0 Å². The molecule has 0 spiro atoms. The SMILES string of the molecule is COc1cc2c(O)c(c1)CO[C@@H](c1ccccc1)COCCOCCOC[C@H](c1ccccc1)OC2. The van der Waals surface area contributed by atoms with Gasteiger partial charge < -0.3 is 33.5 Å². The van der Waals surface area contributed by atoms with Crippen molar-refractivity contribution in [2.75, 3.05) is 46.8 Å². The Kier molecular flexibility index (Phi) is 10.1. The predicted octanol–water partition coefficient (Wildman–Crippen LogP) is 4.98. The van der Waals surface area contributed by atoms with Crippen LogP contribution in [0.4, 0.5) is 0 Å². The Hall–Kier alpha value is -2.94. The lowest BCUT2D eigenvalue weighted by molar-refractivity contribution is -0.0559. The van der Waals surface area contributed by atoms with Gasteiger partial charge in [0.15, 0.2) is 0 Å². The molecule has 2 atom stereocenters. The monoisotopic (exact) mass is 494 g/mol. The summed E-state index contributed by atoms with van der Waals surface area (Å²) in [5, 5.41) is 11.1. The van der Waals surface area contributed by atoms with Crippen LogP contribution in [0.25, 0.3) is 0 Å². The molecule has 0 fully saturated rings. The van der Waals surface area contributed by atoms with E-state index >= 15 is 0 Å². The predicted molar refractivity (Wildman–Crippen MR) is 135 cm³/mol. The Morgan fingerprint density at radius 2 is 1.11 bits per heavy atom. The third-order valence-electron chi connectivity index (χ3n) is 5.98. The normalized spacial score (nSPS) is 20.7. The van der Waals surface area contributed by atoms with Gasteiger partial charge in [0, 0.05) is 11.1 Å². The fourth-order valence-electron chi connectivity index (χ4n) is 3.98. The Labute approximate surface area is 212 Å². The van der Waals surface area contributed by atoms with Crippen LogP contribution in [0.15, 0.2) is 72.8 Å². The number of aromatic hydroxyl groups is 1. The van der Waals surface area contributed by atoms with Gasteiger partial charge >= 0.3 is 0 Å². The first kappa shape index (κ1) is 26.1. The third kappa shape index (κ3) is 7.53. The Bertz CT molecular complexity index is 963. The number of phenols is 1. The van der Waals surface area contributed by atoms with E-state index in [4.69, 9.17) is 28.4 Å². The van der Waals surface area contributed by atoms with Crippen molar-refractivity contribution in [3.05, 3.63) is 95.1 Å². The smallest absolute Gasteiger partial charge is 0.126 e. The molecule has 1 N–H and O–H groups in total. The molecule has 192 valence electrons. The van der Waals surface area contributed by atoms with Crippen molar-refractivity contribution in [1.29, 1.82) is 0 Å². The van der Waals surface area contributed by atoms with Crippen LogP contribution in [0.5, 0.6) is 11.5 Å². The maximum absolute atomic E-state index is 11.1. The molecule has 1 aliphatic heterocycles. The minimum absolute atomic E-state index is 0.130. The highest BCUT2D eigenvalue weighted by Crippen LogP contribution is 2.32. The van der Waals surface area contributed by atoms with Crippen LogP contribution in [0.1, 0.15) is 34.5 Å². The van der Waals surface area contributed by atoms with Crippen LogP contribution in [0.2, 0.25) is 0 Å². The Morgan fingerprint density at radius 3 is 1.56 bits per heavy atom. The number of fused-ring (bicyclic) bond motifs is 2. The Morgan fingerprint density at radius 1 is 0.667 bits per heavy atom. The van der Waals surface area contributed by atoms with Crippen LogP contribution >= 0.6 is 0 Å². The molecule has 4 rings (SSSR count). The third-order valence-corrected chi connectivity index (χ3v) is 5.98. The molecule has 7 nitrogen and oxygen atoms in total. The lowest BCUT2D eigenvalue weighted by Gasteiger charge is -2.22. The van der Waals surface area contributed by atoms with Crippen molar-refractivity contribution in [1.82, 2.24) is 0 Å². The van der Waals surface area contributed by atoms with E-state index in [0.29, 0.717) is 56.5 Å². The summed E-state index contributed by atoms with van der Waals surface area (Å²) >= 11 is 0. The quantitative estimate of drug-likeness (QED) is 0.550. The van der Waals surface area contributed by atoms with Crippen molar-refractivity contribution in [2.45, 2.75) is 25.4 Å². The molecule has 1 aliphatic rings. The molecular weight excluding hydrogens is 460 g/mol. The fourth-order valence-corrected chi connectivity index (χ4v) is 3.98. The van der Waals surface area contributed by atoms with E-state index in [1.807, 2.05) is 60.7 Å². The largest absolute Gasteiger partial charge is 0.507 e. The molecule has 0 aromatic heterocycles. The zero-order valence-corrected chi connectivity index (χ0v) is 20.6. The molecule has 0 saturated carbocycles. The number of hydrogen-bond donors (Lipinski definition) is 1. The summed E-state index contributed by atoms with van der Waals surface area (Å²) in [6, 6.07) is 23.4. The van der Waals surface area contributed by atoms with Crippen LogP contribution < -0.4 is 4.74 Å². The lowest BCUT2D eigenvalue weighted by atomic mass is 10.1. The first-order valence-electron chi connectivity index (χ1n) is 12.2. The van der Waals surface area contributed by atoms with Gasteiger partial charge in [-0.05, 0) is 23.3 Å². The zero-order valence-electron chi connectivity index (χ0n) is 20.6. The summed E-state index contributed by atoms with van der Waals surface area (Å²) in [6.07, 6.45) is -0.609. The molecule has 3 aromatic carbocycles. The molecule has 3 aromatic rings. The first-order valence-corrected chi connectivity index (χ1v) is 12.2. The van der Waals surface area contributed by atoms with Gasteiger partial charge in [0.25, 0.3) is 0 Å². The molecule has 2 bridgehead atoms. The highest BCUT2D eigenvalue weighted by molar-refractivity contribution is 5.46. The van der Waals surface area contributed by atoms with Crippen molar-refractivity contribution in [3.8, 4) is 11.5 Å². The summed E-state index contributed by atoms with van der Waals surface area (Å²) in [5.41, 5.74) is 3.23. The Balaban J connectivity index is 1.57. The zero-order chi connectivity index (χ0) is 25.0. The highest BCUT2D eigenvalue weighted by atomic mass is 16.6. The van der Waals surface area contributed by atoms with Crippen molar-refractivity contribution in [3.63, 3.8) is 0 Å². The summed E-state index contributed by atoms with van der Waals surface area (Å²) in [4.78, 5) is 0. The highest BCUT2D eigenvalue weighted by Gasteiger charge is 2.19. The van der Waals surface area contributed by atoms with Crippen molar-refractivity contribution in [2.24, 2.45) is 0 Å². The fraction of sp³-hybridized carbons (Fsp3) is 0.379. The van der Waals surface area contributed by atoms with Gasteiger partial charge in [0.05, 0.1) is 60.0 Å². The molecule has 36 heavy (non-hydrogen) atoms. The summed E-state index contributed by atoms with van der Waals surface area (Å²) in [5.74, 6) is 0.752. The van der Waals surface area contributed by atoms with Gasteiger partial charge in [-0.25, -0.2) is 0 Å². The van der Waals surface area contributed by atoms with Crippen LogP contribution in [-0.4, -0.2) is 51.9 Å². The maximum Gasteiger partial charge on any atom is 0.126 e. The molecule has 1 heterocycles. The van der Waals surface area contributed by atoms with E-state index in [-0.39, 0.29) is 31.2 Å². The second-order valence-corrected chi connectivity index (χ2v) is 8.48. The first-order chi connectivity index (χ1) is 17.7. The second-order valence-electron chi connectivity index (χ2n) is 8.48. The van der Waals surface area contributed by atoms with Gasteiger partial charge in [-0.15, -0.1) is 0 Å². The minimum Gasteiger partial charge on any atom is -0.507 e. The van der Waals surface area contributed by atoms with E-state index in [1.165, 1.54) is 0 Å². The van der Waals surface area contributed by atoms with Gasteiger partial charge in [-0.1, -0.05) is 60.7 Å². The number of rotatable bonds is 3. The maximum atomic E-state index is 11.1. The summed E-state index contributed by atoms with van der Waals surface area (Å²) in [6.45, 7) is 2.90. The van der Waals surface area contributed by atoms with Gasteiger partial charge in [-0.3, -0.25) is 0 Å². The molecule has 0 amide bonds. The number of benzene rings is 3. The minimum atomic E-state index is -0.304. The van der Waals surface area contributed by atoms with E-state index in [9.17, 15) is 5.11 Å². The average molecular weight is 495 g/mol. The van der Waals surface area contributed by atoms with E-state index in [0.717, 1.165) is 11.1 Å². The molecule has 0 unspecified atom stereocenters. The molecule has 7 heteroatoms. The van der Waals surface area contributed by atoms with E-state index in [1.54, 1.807) is 19.2 Å². The van der Waals surface area contributed by atoms with Crippen molar-refractivity contribution >= 4 is 0 Å². The van der Waals surface area contributed by atoms with Gasteiger partial charge in [0.2, 0.25) is 0 Å². The van der Waals surface area contributed by atoms with Gasteiger partial charge in [0.1, 0.15) is 23.7 Å². The topological polar surface area (TPSA) is 75.6 Å². The molecule has 0 saturated heterocycles. The van der Waals surface area contributed by atoms with Crippen LogP contribution in [0.3, 0.4) is 0 Å². The number of hydrogen-bond acceptors (Lipinski definition) is 7. The molecular formula is C29H34O7. The average Bonchev–Trinajstić information content (AvgIpc) is 2.92. The van der Waals surface area contributed by atoms with Crippen molar-refractivity contribution < 1.29 is 33.5 Å². The molecule has 0 radical (unpaired) electrons. The number of phenolic OH excluding ortho intramolecular Hbond substituents is 1. The van der Waals surface area contributed by atoms with Crippen LogP contribution in [-0.2, 0) is 36.9 Å². The number of ether oxygens (including phenoxy) is 6. The number of methoxy groups -OCH3 is 1. The summed E-state index contributed by atoms with van der Waals surface area (Å²) in [7, 11) is 1.60. The lowest BCUT2D eigenvalue weighted by Crippen LogP contribution is -2.17.